The van der Waals surface area contributed by atoms with E-state index in [0.717, 1.165) is 68.6 Å². The molecule has 1 N–H and O–H groups in total. The molecule has 5 nitrogen and oxygen atoms in total. The van der Waals surface area contributed by atoms with Gasteiger partial charge in [0.25, 0.3) is 0 Å². The molecule has 4 fully saturated rings. The van der Waals surface area contributed by atoms with E-state index < -0.39 is 11.6 Å². The fraction of sp³-hybridized carbons (Fsp3) is 0.478. The van der Waals surface area contributed by atoms with Crippen molar-refractivity contribution in [1.29, 1.82) is 0 Å². The Morgan fingerprint density at radius 1 is 1.03 bits per heavy atom. The van der Waals surface area contributed by atoms with Crippen molar-refractivity contribution in [3.63, 3.8) is 0 Å². The van der Waals surface area contributed by atoms with Crippen LogP contribution >= 0.6 is 0 Å². The minimum absolute atomic E-state index is 0.0704. The topological polar surface area (TPSA) is 56.7 Å². The third-order valence-electron chi connectivity index (χ3n) is 7.06. The Morgan fingerprint density at radius 2 is 1.69 bits per heavy atom. The highest BCUT2D eigenvalue weighted by Gasteiger charge is 2.56. The zero-order chi connectivity index (χ0) is 20.0. The fourth-order valence-corrected chi connectivity index (χ4v) is 5.32. The molecule has 0 spiro atoms. The van der Waals surface area contributed by atoms with Crippen molar-refractivity contribution in [2.24, 2.45) is 5.92 Å². The van der Waals surface area contributed by atoms with Crippen molar-refractivity contribution in [2.45, 2.75) is 43.7 Å². The third-order valence-corrected chi connectivity index (χ3v) is 7.06. The second-order valence-electron chi connectivity index (χ2n) is 8.66. The van der Waals surface area contributed by atoms with Gasteiger partial charge in [0, 0.05) is 24.3 Å². The smallest absolute Gasteiger partial charge is 0.408 e. The molecule has 1 aromatic carbocycles. The van der Waals surface area contributed by atoms with Crippen LogP contribution in [0.1, 0.15) is 37.8 Å². The lowest BCUT2D eigenvalue weighted by molar-refractivity contribution is 0.0600. The van der Waals surface area contributed by atoms with Crippen LogP contribution in [0.3, 0.4) is 0 Å². The molecule has 2 aromatic rings. The Balaban J connectivity index is 1.44. The lowest BCUT2D eigenvalue weighted by atomic mass is 9.88. The number of fused-ring (bicyclic) bond motifs is 4. The van der Waals surface area contributed by atoms with Gasteiger partial charge in [0.2, 0.25) is 0 Å². The van der Waals surface area contributed by atoms with Crippen LogP contribution < -0.4 is 0 Å². The Hall–Kier alpha value is -2.47. The van der Waals surface area contributed by atoms with Crippen LogP contribution in [0.4, 0.5) is 9.18 Å². The van der Waals surface area contributed by atoms with E-state index in [9.17, 15) is 14.3 Å². The van der Waals surface area contributed by atoms with Crippen molar-refractivity contribution in [2.75, 3.05) is 19.6 Å². The van der Waals surface area contributed by atoms with E-state index in [1.807, 2.05) is 12.1 Å². The summed E-state index contributed by atoms with van der Waals surface area (Å²) in [4.78, 5) is 21.3. The van der Waals surface area contributed by atoms with Crippen LogP contribution in [0.2, 0.25) is 0 Å². The van der Waals surface area contributed by atoms with Gasteiger partial charge < -0.3 is 10.0 Å². The molecule has 1 aliphatic carbocycles. The second-order valence-corrected chi connectivity index (χ2v) is 8.66. The summed E-state index contributed by atoms with van der Waals surface area (Å²) in [6.45, 7) is 3.16. The fourth-order valence-electron chi connectivity index (χ4n) is 5.32. The summed E-state index contributed by atoms with van der Waals surface area (Å²) in [5.41, 5.74) is 2.16. The number of hydrogen-bond acceptors (Lipinski definition) is 3. The van der Waals surface area contributed by atoms with Crippen molar-refractivity contribution < 1.29 is 14.3 Å². The molecule has 4 aliphatic rings. The first kappa shape index (κ1) is 18.6. The van der Waals surface area contributed by atoms with Gasteiger partial charge >= 0.3 is 6.09 Å². The minimum atomic E-state index is -0.822. The van der Waals surface area contributed by atoms with E-state index in [4.69, 9.17) is 0 Å². The number of aromatic nitrogens is 1. The first-order valence-electron chi connectivity index (χ1n) is 10.5. The number of carbonyl (C=O) groups is 1. The average Bonchev–Trinajstić information content (AvgIpc) is 3.57. The van der Waals surface area contributed by atoms with Crippen molar-refractivity contribution in [3.05, 3.63) is 54.1 Å². The van der Waals surface area contributed by atoms with E-state index in [2.05, 4.69) is 9.88 Å². The maximum absolute atomic E-state index is 13.2. The van der Waals surface area contributed by atoms with Crippen LogP contribution in [0, 0.1) is 11.7 Å². The van der Waals surface area contributed by atoms with E-state index >= 15 is 0 Å². The number of piperidine rings is 1. The molecule has 1 aromatic heterocycles. The third kappa shape index (κ3) is 3.29. The first-order valence-corrected chi connectivity index (χ1v) is 10.5. The summed E-state index contributed by atoms with van der Waals surface area (Å²) in [6.07, 6.45) is 5.70. The molecule has 152 valence electrons. The molecule has 1 unspecified atom stereocenters. The molecule has 3 saturated heterocycles. The Morgan fingerprint density at radius 3 is 2.28 bits per heavy atom. The van der Waals surface area contributed by atoms with Crippen LogP contribution in [0.25, 0.3) is 11.1 Å². The molecule has 1 amide bonds. The van der Waals surface area contributed by atoms with E-state index in [-0.39, 0.29) is 11.9 Å². The summed E-state index contributed by atoms with van der Waals surface area (Å²) in [5, 5.41) is 10.2. The van der Waals surface area contributed by atoms with Crippen molar-refractivity contribution in [1.82, 2.24) is 14.8 Å². The Bertz CT molecular complexity index is 887. The summed E-state index contributed by atoms with van der Waals surface area (Å²) >= 11 is 0. The Kier molecular flexibility index (Phi) is 4.54. The lowest BCUT2D eigenvalue weighted by Crippen LogP contribution is -2.50. The van der Waals surface area contributed by atoms with Crippen molar-refractivity contribution >= 4 is 6.09 Å². The molecule has 6 rings (SSSR count). The molecule has 1 atom stereocenters. The molecular formula is C23H26FN3O2. The van der Waals surface area contributed by atoms with Crippen molar-refractivity contribution in [3.8, 4) is 11.1 Å². The number of amides is 1. The minimum Gasteiger partial charge on any atom is -0.465 e. The van der Waals surface area contributed by atoms with E-state index in [0.29, 0.717) is 5.92 Å². The molecule has 1 saturated carbocycles. The molecule has 2 bridgehead atoms. The van der Waals surface area contributed by atoms with Gasteiger partial charge in [-0.05, 0) is 74.9 Å². The molecular weight excluding hydrogens is 369 g/mol. The largest absolute Gasteiger partial charge is 0.465 e. The molecule has 3 aliphatic heterocycles. The summed E-state index contributed by atoms with van der Waals surface area (Å²) in [6, 6.07) is 10.4. The van der Waals surface area contributed by atoms with Gasteiger partial charge in [-0.15, -0.1) is 0 Å². The zero-order valence-corrected chi connectivity index (χ0v) is 16.4. The number of carboxylic acid groups (broad SMARTS) is 1. The zero-order valence-electron chi connectivity index (χ0n) is 16.4. The van der Waals surface area contributed by atoms with Gasteiger partial charge in [-0.1, -0.05) is 18.2 Å². The summed E-state index contributed by atoms with van der Waals surface area (Å²) in [5.74, 6) is 0.182. The highest BCUT2D eigenvalue weighted by molar-refractivity contribution is 5.68. The second kappa shape index (κ2) is 7.10. The Labute approximate surface area is 170 Å². The van der Waals surface area contributed by atoms with Gasteiger partial charge in [0.05, 0.1) is 11.2 Å². The number of rotatable bonds is 4. The standard InChI is InChI=1S/C23H26FN3O2/c24-19-4-1-16(2-5-19)18-3-6-21(25-15-18)23(10-11-23)27(22(28)29)20-9-14-26-12-7-17(20)8-13-26/h1-6,15,17,20H,7-14H2,(H,28,29). The number of halogens is 1. The van der Waals surface area contributed by atoms with Gasteiger partial charge in [0.15, 0.2) is 0 Å². The summed E-state index contributed by atoms with van der Waals surface area (Å²) in [7, 11) is 0. The number of benzene rings is 1. The van der Waals surface area contributed by atoms with Gasteiger partial charge in [-0.25, -0.2) is 9.18 Å². The van der Waals surface area contributed by atoms with Gasteiger partial charge in [-0.2, -0.15) is 0 Å². The quantitative estimate of drug-likeness (QED) is 0.837. The van der Waals surface area contributed by atoms with Gasteiger partial charge in [-0.3, -0.25) is 9.88 Å². The van der Waals surface area contributed by atoms with E-state index in [1.165, 1.54) is 12.1 Å². The van der Waals surface area contributed by atoms with Crippen LogP contribution in [0.5, 0.6) is 0 Å². The molecule has 0 radical (unpaired) electrons. The molecule has 29 heavy (non-hydrogen) atoms. The molecule has 4 heterocycles. The SMILES string of the molecule is O=C(O)N(C1CCN2CCC1CC2)C1(c2ccc(-c3ccc(F)cc3)cn2)CC1. The van der Waals surface area contributed by atoms with Gasteiger partial charge in [0.1, 0.15) is 5.82 Å². The highest BCUT2D eigenvalue weighted by atomic mass is 19.1. The number of nitrogens with zero attached hydrogens (tertiary/aromatic N) is 3. The summed E-state index contributed by atoms with van der Waals surface area (Å²) < 4.78 is 13.2. The number of pyridine rings is 1. The highest BCUT2D eigenvalue weighted by Crippen LogP contribution is 2.53. The predicted octanol–water partition coefficient (Wildman–Crippen LogP) is 4.34. The van der Waals surface area contributed by atoms with Crippen LogP contribution in [0.15, 0.2) is 42.6 Å². The maximum atomic E-state index is 13.2. The average molecular weight is 395 g/mol. The normalized spacial score (nSPS) is 27.3. The molecule has 6 heteroatoms. The van der Waals surface area contributed by atoms with Crippen LogP contribution in [-0.2, 0) is 5.54 Å². The van der Waals surface area contributed by atoms with Crippen LogP contribution in [-0.4, -0.2) is 51.7 Å². The number of hydrogen-bond donors (Lipinski definition) is 1. The lowest BCUT2D eigenvalue weighted by Gasteiger charge is -2.40. The monoisotopic (exact) mass is 395 g/mol. The van der Waals surface area contributed by atoms with E-state index in [1.54, 1.807) is 23.2 Å². The first-order chi connectivity index (χ1) is 14.1. The maximum Gasteiger partial charge on any atom is 0.408 e. The predicted molar refractivity (Wildman–Crippen MR) is 108 cm³/mol.